The Kier molecular flexibility index (Phi) is 5.37. The molecular formula is C19H27N3O3S. The molecule has 1 fully saturated rings. The zero-order chi connectivity index (χ0) is 18.9. The molecule has 0 unspecified atom stereocenters. The zero-order valence-electron chi connectivity index (χ0n) is 15.7. The van der Waals surface area contributed by atoms with E-state index in [2.05, 4.69) is 16.6 Å². The molecule has 26 heavy (non-hydrogen) atoms. The predicted octanol–water partition coefficient (Wildman–Crippen LogP) is 3.79. The van der Waals surface area contributed by atoms with Crippen molar-refractivity contribution in [2.24, 2.45) is 16.2 Å². The summed E-state index contributed by atoms with van der Waals surface area (Å²) in [7, 11) is -3.76. The fraction of sp³-hybridized carbons (Fsp3) is 0.579. The van der Waals surface area contributed by atoms with Gasteiger partial charge in [0.1, 0.15) is 10.7 Å². The van der Waals surface area contributed by atoms with Gasteiger partial charge < -0.3 is 10.2 Å². The molecule has 1 amide bonds. The van der Waals surface area contributed by atoms with Gasteiger partial charge in [0, 0.05) is 24.6 Å². The van der Waals surface area contributed by atoms with Crippen LogP contribution in [0.1, 0.15) is 52.9 Å². The Hall–Kier alpha value is -1.89. The topological polar surface area (TPSA) is 78.8 Å². The molecule has 0 spiro atoms. The number of nitrogens with zero attached hydrogens (tertiary/aromatic N) is 2. The number of amidine groups is 1. The summed E-state index contributed by atoms with van der Waals surface area (Å²) in [6, 6.07) is 5.11. The Morgan fingerprint density at radius 2 is 2.08 bits per heavy atom. The van der Waals surface area contributed by atoms with Crippen molar-refractivity contribution in [1.82, 2.24) is 0 Å². The van der Waals surface area contributed by atoms with E-state index in [-0.39, 0.29) is 16.7 Å². The van der Waals surface area contributed by atoms with E-state index >= 15 is 0 Å². The van der Waals surface area contributed by atoms with Crippen LogP contribution >= 0.6 is 0 Å². The van der Waals surface area contributed by atoms with Crippen LogP contribution in [0.15, 0.2) is 27.5 Å². The Morgan fingerprint density at radius 1 is 1.35 bits per heavy atom. The molecule has 1 aliphatic heterocycles. The van der Waals surface area contributed by atoms with E-state index in [1.54, 1.807) is 18.2 Å². The smallest absolute Gasteiger partial charge is 0.286 e. The van der Waals surface area contributed by atoms with E-state index in [0.717, 1.165) is 25.7 Å². The zero-order valence-corrected chi connectivity index (χ0v) is 16.5. The summed E-state index contributed by atoms with van der Waals surface area (Å²) >= 11 is 0. The van der Waals surface area contributed by atoms with Gasteiger partial charge in [0.05, 0.1) is 5.69 Å². The summed E-state index contributed by atoms with van der Waals surface area (Å²) in [5.74, 6) is 0.931. The molecule has 1 saturated carbocycles. The normalized spacial score (nSPS) is 18.9. The Bertz CT molecular complexity index is 826. The Balaban J connectivity index is 1.94. The quantitative estimate of drug-likeness (QED) is 0.818. The minimum atomic E-state index is -3.76. The number of amides is 1. The highest BCUT2D eigenvalue weighted by atomic mass is 32.2. The molecule has 3 rings (SSSR count). The lowest BCUT2D eigenvalue weighted by Crippen LogP contribution is -2.37. The number of carbonyl (C=O) groups is 1. The van der Waals surface area contributed by atoms with Crippen LogP contribution in [0, 0.1) is 11.8 Å². The van der Waals surface area contributed by atoms with Gasteiger partial charge in [-0.3, -0.25) is 4.79 Å². The van der Waals surface area contributed by atoms with Gasteiger partial charge in [-0.25, -0.2) is 0 Å². The average molecular weight is 378 g/mol. The molecule has 2 aliphatic rings. The second kappa shape index (κ2) is 7.39. The van der Waals surface area contributed by atoms with E-state index in [4.69, 9.17) is 0 Å². The minimum Gasteiger partial charge on any atom is -0.328 e. The minimum absolute atomic E-state index is 0.0289. The summed E-state index contributed by atoms with van der Waals surface area (Å²) in [5.41, 5.74) is 1.17. The number of anilines is 2. The van der Waals surface area contributed by atoms with E-state index < -0.39 is 10.0 Å². The summed E-state index contributed by atoms with van der Waals surface area (Å²) in [4.78, 5) is 14.3. The highest BCUT2D eigenvalue weighted by Gasteiger charge is 2.31. The third-order valence-electron chi connectivity index (χ3n) is 4.85. The summed E-state index contributed by atoms with van der Waals surface area (Å²) in [5, 5.41) is 2.85. The molecule has 142 valence electrons. The number of sulfonamides is 1. The molecule has 0 radical (unpaired) electrons. The Labute approximate surface area is 155 Å². The molecule has 0 aromatic heterocycles. The fourth-order valence-corrected chi connectivity index (χ4v) is 4.57. The van der Waals surface area contributed by atoms with Crippen molar-refractivity contribution in [3.05, 3.63) is 18.2 Å². The molecule has 1 aromatic rings. The van der Waals surface area contributed by atoms with Gasteiger partial charge >= 0.3 is 0 Å². The monoisotopic (exact) mass is 377 g/mol. The van der Waals surface area contributed by atoms with Crippen LogP contribution in [0.2, 0.25) is 0 Å². The number of hydrogen-bond acceptors (Lipinski definition) is 4. The highest BCUT2D eigenvalue weighted by molar-refractivity contribution is 7.90. The van der Waals surface area contributed by atoms with Crippen LogP contribution in [0.25, 0.3) is 0 Å². The molecule has 1 aromatic carbocycles. The molecule has 1 aliphatic carbocycles. The lowest BCUT2D eigenvalue weighted by Gasteiger charge is -2.32. The molecule has 0 saturated heterocycles. The standard InChI is InChI=1S/C19H27N3O3S/c1-4-10-22-16-9-8-15(20-19(23)14-6-5-7-14)12-17(16)26(24,25)21-18(22)11-13(2)3/h8-9,12-14H,4-7,10-11H2,1-3H3,(H,20,23). The van der Waals surface area contributed by atoms with Gasteiger partial charge in [-0.15, -0.1) is 4.40 Å². The molecule has 7 heteroatoms. The first-order valence-electron chi connectivity index (χ1n) is 9.38. The van der Waals surface area contributed by atoms with Crippen molar-refractivity contribution in [3.63, 3.8) is 0 Å². The molecule has 1 N–H and O–H groups in total. The fourth-order valence-electron chi connectivity index (χ4n) is 3.30. The van der Waals surface area contributed by atoms with E-state index in [9.17, 15) is 13.2 Å². The van der Waals surface area contributed by atoms with Crippen LogP contribution in [0.5, 0.6) is 0 Å². The molecule has 6 nitrogen and oxygen atoms in total. The largest absolute Gasteiger partial charge is 0.328 e. The van der Waals surface area contributed by atoms with E-state index in [1.165, 1.54) is 0 Å². The Morgan fingerprint density at radius 3 is 2.65 bits per heavy atom. The lowest BCUT2D eigenvalue weighted by molar-refractivity contribution is -0.122. The number of carbonyl (C=O) groups excluding carboxylic acids is 1. The van der Waals surface area contributed by atoms with Crippen LogP contribution in [0.4, 0.5) is 11.4 Å². The van der Waals surface area contributed by atoms with Crippen molar-refractivity contribution in [3.8, 4) is 0 Å². The number of nitrogens with one attached hydrogen (secondary N) is 1. The maximum absolute atomic E-state index is 12.7. The highest BCUT2D eigenvalue weighted by Crippen LogP contribution is 2.36. The average Bonchev–Trinajstić information content (AvgIpc) is 2.48. The van der Waals surface area contributed by atoms with E-state index in [1.807, 2.05) is 18.7 Å². The second-order valence-electron chi connectivity index (χ2n) is 7.53. The van der Waals surface area contributed by atoms with Gasteiger partial charge in [0.15, 0.2) is 0 Å². The third kappa shape index (κ3) is 3.77. The third-order valence-corrected chi connectivity index (χ3v) is 6.18. The maximum atomic E-state index is 12.7. The lowest BCUT2D eigenvalue weighted by atomic mass is 9.85. The maximum Gasteiger partial charge on any atom is 0.286 e. The van der Waals surface area contributed by atoms with Gasteiger partial charge in [-0.05, 0) is 43.4 Å². The predicted molar refractivity (Wildman–Crippen MR) is 104 cm³/mol. The van der Waals surface area contributed by atoms with Crippen LogP contribution in [-0.2, 0) is 14.8 Å². The van der Waals surface area contributed by atoms with E-state index in [0.29, 0.717) is 36.1 Å². The first kappa shape index (κ1) is 18.9. The van der Waals surface area contributed by atoms with Gasteiger partial charge in [0.25, 0.3) is 10.0 Å². The molecule has 0 bridgehead atoms. The first-order valence-corrected chi connectivity index (χ1v) is 10.8. The van der Waals surface area contributed by atoms with Crippen molar-refractivity contribution in [2.45, 2.75) is 57.8 Å². The van der Waals surface area contributed by atoms with Crippen LogP contribution in [-0.4, -0.2) is 26.7 Å². The molecular weight excluding hydrogens is 350 g/mol. The summed E-state index contributed by atoms with van der Waals surface area (Å²) in [6.07, 6.45) is 4.38. The first-order chi connectivity index (χ1) is 12.3. The number of benzene rings is 1. The van der Waals surface area contributed by atoms with Gasteiger partial charge in [0.2, 0.25) is 5.91 Å². The molecule has 0 atom stereocenters. The SMILES string of the molecule is CCCN1C(CC(C)C)=NS(=O)(=O)c2cc(NC(=O)C3CCC3)ccc21. The number of hydrogen-bond donors (Lipinski definition) is 1. The molecule has 1 heterocycles. The number of rotatable bonds is 6. The summed E-state index contributed by atoms with van der Waals surface area (Å²) in [6.45, 7) is 6.87. The summed E-state index contributed by atoms with van der Waals surface area (Å²) < 4.78 is 29.5. The van der Waals surface area contributed by atoms with Crippen LogP contribution in [0.3, 0.4) is 0 Å². The van der Waals surface area contributed by atoms with Crippen molar-refractivity contribution in [1.29, 1.82) is 0 Å². The second-order valence-corrected chi connectivity index (χ2v) is 9.10. The van der Waals surface area contributed by atoms with Crippen molar-refractivity contribution in [2.75, 3.05) is 16.8 Å². The van der Waals surface area contributed by atoms with Crippen LogP contribution < -0.4 is 10.2 Å². The van der Waals surface area contributed by atoms with Crippen molar-refractivity contribution < 1.29 is 13.2 Å². The van der Waals surface area contributed by atoms with Crippen molar-refractivity contribution >= 4 is 33.1 Å². The number of fused-ring (bicyclic) bond motifs is 1. The van der Waals surface area contributed by atoms with Gasteiger partial charge in [-0.2, -0.15) is 8.42 Å². The van der Waals surface area contributed by atoms with Gasteiger partial charge in [-0.1, -0.05) is 27.2 Å².